The SMILES string of the molecule is CC1(F)CCCN(CC2CCCN2)C1. The highest BCUT2D eigenvalue weighted by Gasteiger charge is 2.31. The summed E-state index contributed by atoms with van der Waals surface area (Å²) in [6.45, 7) is 5.63. The minimum Gasteiger partial charge on any atom is -0.313 e. The van der Waals surface area contributed by atoms with Crippen LogP contribution in [0.15, 0.2) is 0 Å². The molecule has 2 aliphatic rings. The number of alkyl halides is 1. The van der Waals surface area contributed by atoms with E-state index in [-0.39, 0.29) is 0 Å². The summed E-state index contributed by atoms with van der Waals surface area (Å²) in [6.07, 6.45) is 4.30. The molecule has 0 aromatic heterocycles. The molecule has 0 bridgehead atoms. The third kappa shape index (κ3) is 2.67. The number of nitrogens with zero attached hydrogens (tertiary/aromatic N) is 1. The van der Waals surface area contributed by atoms with Gasteiger partial charge in [0.25, 0.3) is 0 Å². The summed E-state index contributed by atoms with van der Waals surface area (Å²) in [5.74, 6) is 0. The molecule has 0 aromatic rings. The summed E-state index contributed by atoms with van der Waals surface area (Å²) < 4.78 is 13.7. The molecule has 0 radical (unpaired) electrons. The van der Waals surface area contributed by atoms with Gasteiger partial charge < -0.3 is 5.32 Å². The van der Waals surface area contributed by atoms with E-state index < -0.39 is 5.67 Å². The molecule has 1 N–H and O–H groups in total. The average molecular weight is 200 g/mol. The molecule has 14 heavy (non-hydrogen) atoms. The van der Waals surface area contributed by atoms with Crippen molar-refractivity contribution in [3.63, 3.8) is 0 Å². The van der Waals surface area contributed by atoms with Crippen molar-refractivity contribution in [2.45, 2.75) is 44.3 Å². The molecule has 2 saturated heterocycles. The zero-order chi connectivity index (χ0) is 10.0. The van der Waals surface area contributed by atoms with Crippen molar-refractivity contribution < 1.29 is 4.39 Å². The first-order valence-corrected chi connectivity index (χ1v) is 5.80. The Kier molecular flexibility index (Phi) is 3.07. The number of nitrogens with one attached hydrogen (secondary N) is 1. The molecule has 2 unspecified atom stereocenters. The Morgan fingerprint density at radius 2 is 2.36 bits per heavy atom. The molecule has 0 spiro atoms. The lowest BCUT2D eigenvalue weighted by Crippen LogP contribution is -2.47. The summed E-state index contributed by atoms with van der Waals surface area (Å²) in [4.78, 5) is 2.28. The van der Waals surface area contributed by atoms with Crippen LogP contribution in [0.3, 0.4) is 0 Å². The number of rotatable bonds is 2. The Balaban J connectivity index is 1.79. The van der Waals surface area contributed by atoms with E-state index in [9.17, 15) is 4.39 Å². The highest BCUT2D eigenvalue weighted by molar-refractivity contribution is 4.86. The van der Waals surface area contributed by atoms with Crippen LogP contribution in [0.4, 0.5) is 4.39 Å². The van der Waals surface area contributed by atoms with E-state index in [2.05, 4.69) is 10.2 Å². The molecular formula is C11H21FN2. The monoisotopic (exact) mass is 200 g/mol. The maximum absolute atomic E-state index is 13.7. The number of hydrogen-bond acceptors (Lipinski definition) is 2. The first-order chi connectivity index (χ1) is 6.66. The summed E-state index contributed by atoms with van der Waals surface area (Å²) in [6, 6.07) is 0.615. The van der Waals surface area contributed by atoms with Gasteiger partial charge in [0.15, 0.2) is 0 Å². The first kappa shape index (κ1) is 10.4. The summed E-state index contributed by atoms with van der Waals surface area (Å²) >= 11 is 0. The van der Waals surface area contributed by atoms with Gasteiger partial charge in [-0.15, -0.1) is 0 Å². The maximum Gasteiger partial charge on any atom is 0.120 e. The van der Waals surface area contributed by atoms with E-state index in [1.165, 1.54) is 12.8 Å². The van der Waals surface area contributed by atoms with Crippen LogP contribution in [0.1, 0.15) is 32.6 Å². The smallest absolute Gasteiger partial charge is 0.120 e. The van der Waals surface area contributed by atoms with Gasteiger partial charge in [0.2, 0.25) is 0 Å². The second kappa shape index (κ2) is 4.15. The van der Waals surface area contributed by atoms with E-state index in [1.807, 2.05) is 0 Å². The van der Waals surface area contributed by atoms with Crippen molar-refractivity contribution >= 4 is 0 Å². The molecule has 2 rings (SSSR count). The van der Waals surface area contributed by atoms with Gasteiger partial charge in [-0.1, -0.05) is 0 Å². The molecule has 2 heterocycles. The van der Waals surface area contributed by atoms with E-state index in [4.69, 9.17) is 0 Å². The Labute approximate surface area is 85.9 Å². The average Bonchev–Trinajstić information content (AvgIpc) is 2.54. The Bertz CT molecular complexity index is 188. The van der Waals surface area contributed by atoms with Crippen LogP contribution in [0.25, 0.3) is 0 Å². The summed E-state index contributed by atoms with van der Waals surface area (Å²) in [5, 5.41) is 3.47. The second-order valence-electron chi connectivity index (χ2n) is 5.05. The van der Waals surface area contributed by atoms with Gasteiger partial charge in [0.1, 0.15) is 5.67 Å². The van der Waals surface area contributed by atoms with Gasteiger partial charge in [0, 0.05) is 19.1 Å². The molecule has 0 aromatic carbocycles. The van der Waals surface area contributed by atoms with Crippen LogP contribution in [0, 0.1) is 0 Å². The third-order valence-electron chi connectivity index (χ3n) is 3.37. The van der Waals surface area contributed by atoms with Crippen LogP contribution in [0.2, 0.25) is 0 Å². The first-order valence-electron chi connectivity index (χ1n) is 5.80. The van der Waals surface area contributed by atoms with Crippen molar-refractivity contribution in [2.24, 2.45) is 0 Å². The molecule has 3 heteroatoms. The second-order valence-corrected chi connectivity index (χ2v) is 5.05. The van der Waals surface area contributed by atoms with E-state index >= 15 is 0 Å². The minimum atomic E-state index is -0.948. The van der Waals surface area contributed by atoms with Crippen molar-refractivity contribution in [2.75, 3.05) is 26.2 Å². The van der Waals surface area contributed by atoms with Gasteiger partial charge >= 0.3 is 0 Å². The number of hydrogen-bond donors (Lipinski definition) is 1. The van der Waals surface area contributed by atoms with Crippen LogP contribution in [-0.2, 0) is 0 Å². The van der Waals surface area contributed by atoms with Crippen molar-refractivity contribution in [1.82, 2.24) is 10.2 Å². The lowest BCUT2D eigenvalue weighted by Gasteiger charge is -2.36. The maximum atomic E-state index is 13.7. The standard InChI is InChI=1S/C11H21FN2/c1-11(12)5-3-7-14(9-11)8-10-4-2-6-13-10/h10,13H,2-9H2,1H3. The fourth-order valence-corrected chi connectivity index (χ4v) is 2.68. The number of piperidine rings is 1. The largest absolute Gasteiger partial charge is 0.313 e. The molecule has 0 saturated carbocycles. The highest BCUT2D eigenvalue weighted by Crippen LogP contribution is 2.24. The summed E-state index contributed by atoms with van der Waals surface area (Å²) in [5.41, 5.74) is -0.948. The highest BCUT2D eigenvalue weighted by atomic mass is 19.1. The lowest BCUT2D eigenvalue weighted by molar-refractivity contribution is 0.0562. The zero-order valence-electron chi connectivity index (χ0n) is 9.06. The molecular weight excluding hydrogens is 179 g/mol. The van der Waals surface area contributed by atoms with Crippen LogP contribution in [0.5, 0.6) is 0 Å². The lowest BCUT2D eigenvalue weighted by atomic mass is 9.96. The summed E-state index contributed by atoms with van der Waals surface area (Å²) in [7, 11) is 0. The van der Waals surface area contributed by atoms with Crippen molar-refractivity contribution in [1.29, 1.82) is 0 Å². The Hall–Kier alpha value is -0.150. The normalized spacial score (nSPS) is 40.3. The van der Waals surface area contributed by atoms with Gasteiger partial charge in [0.05, 0.1) is 0 Å². The molecule has 82 valence electrons. The number of halogens is 1. The van der Waals surface area contributed by atoms with Crippen LogP contribution < -0.4 is 5.32 Å². The van der Waals surface area contributed by atoms with Gasteiger partial charge in [-0.05, 0) is 45.7 Å². The zero-order valence-corrected chi connectivity index (χ0v) is 9.06. The molecule has 0 aliphatic carbocycles. The molecule has 2 fully saturated rings. The van der Waals surface area contributed by atoms with E-state index in [0.29, 0.717) is 12.6 Å². The fraction of sp³-hybridized carbons (Fsp3) is 1.00. The molecule has 2 aliphatic heterocycles. The minimum absolute atomic E-state index is 0.615. The van der Waals surface area contributed by atoms with Crippen molar-refractivity contribution in [3.8, 4) is 0 Å². The Morgan fingerprint density at radius 3 is 3.00 bits per heavy atom. The van der Waals surface area contributed by atoms with Gasteiger partial charge in [-0.25, -0.2) is 4.39 Å². The van der Waals surface area contributed by atoms with Crippen LogP contribution >= 0.6 is 0 Å². The quantitative estimate of drug-likeness (QED) is 0.728. The van der Waals surface area contributed by atoms with Crippen LogP contribution in [-0.4, -0.2) is 42.8 Å². The van der Waals surface area contributed by atoms with Crippen molar-refractivity contribution in [3.05, 3.63) is 0 Å². The van der Waals surface area contributed by atoms with E-state index in [0.717, 1.165) is 32.5 Å². The fourth-order valence-electron chi connectivity index (χ4n) is 2.68. The molecule has 2 nitrogen and oxygen atoms in total. The van der Waals surface area contributed by atoms with Gasteiger partial charge in [-0.3, -0.25) is 4.90 Å². The molecule has 0 amide bonds. The van der Waals surface area contributed by atoms with E-state index in [1.54, 1.807) is 6.92 Å². The topological polar surface area (TPSA) is 15.3 Å². The third-order valence-corrected chi connectivity index (χ3v) is 3.37. The van der Waals surface area contributed by atoms with Gasteiger partial charge in [-0.2, -0.15) is 0 Å². The predicted molar refractivity (Wildman–Crippen MR) is 56.2 cm³/mol. The number of likely N-dealkylation sites (tertiary alicyclic amines) is 1. The predicted octanol–water partition coefficient (Wildman–Crippen LogP) is 1.56. The molecule has 2 atom stereocenters. The Morgan fingerprint density at radius 1 is 1.50 bits per heavy atom.